The lowest BCUT2D eigenvalue weighted by Gasteiger charge is -2.28. The van der Waals surface area contributed by atoms with Crippen molar-refractivity contribution in [3.8, 4) is 0 Å². The van der Waals surface area contributed by atoms with Gasteiger partial charge in [0.1, 0.15) is 0 Å². The predicted molar refractivity (Wildman–Crippen MR) is 82.2 cm³/mol. The van der Waals surface area contributed by atoms with Crippen LogP contribution in [0.3, 0.4) is 0 Å². The van der Waals surface area contributed by atoms with E-state index in [1.165, 1.54) is 37.7 Å². The molecule has 1 saturated carbocycles. The quantitative estimate of drug-likeness (QED) is 0.758. The molecule has 2 nitrogen and oxygen atoms in total. The van der Waals surface area contributed by atoms with Gasteiger partial charge in [-0.2, -0.15) is 0 Å². The van der Waals surface area contributed by atoms with E-state index in [-0.39, 0.29) is 5.92 Å². The average molecular weight is 271 g/mol. The summed E-state index contributed by atoms with van der Waals surface area (Å²) in [5, 5.41) is 0. The van der Waals surface area contributed by atoms with Crippen molar-refractivity contribution in [2.75, 3.05) is 19.6 Å². The van der Waals surface area contributed by atoms with Gasteiger partial charge in [-0.25, -0.2) is 0 Å². The molecule has 1 saturated heterocycles. The first-order valence-electron chi connectivity index (χ1n) is 8.10. The van der Waals surface area contributed by atoms with E-state index in [9.17, 15) is 4.79 Å². The second kappa shape index (κ2) is 6.09. The maximum atomic E-state index is 12.5. The van der Waals surface area contributed by atoms with E-state index in [0.717, 1.165) is 31.1 Å². The molecular formula is C18H25NO. The Labute approximate surface area is 122 Å². The third-order valence-electron chi connectivity index (χ3n) is 4.67. The summed E-state index contributed by atoms with van der Waals surface area (Å²) in [4.78, 5) is 14.9. The summed E-state index contributed by atoms with van der Waals surface area (Å²) in [6.45, 7) is 5.32. The summed E-state index contributed by atoms with van der Waals surface area (Å²) in [5.74, 6) is 1.18. The molecule has 0 aromatic heterocycles. The topological polar surface area (TPSA) is 20.3 Å². The van der Waals surface area contributed by atoms with Gasteiger partial charge >= 0.3 is 0 Å². The minimum Gasteiger partial charge on any atom is -0.303 e. The summed E-state index contributed by atoms with van der Waals surface area (Å²) in [7, 11) is 0. The van der Waals surface area contributed by atoms with Gasteiger partial charge in [0.25, 0.3) is 0 Å². The first kappa shape index (κ1) is 13.8. The first-order valence-corrected chi connectivity index (χ1v) is 8.10. The van der Waals surface area contributed by atoms with E-state index < -0.39 is 0 Å². The number of ketones is 1. The van der Waals surface area contributed by atoms with Gasteiger partial charge in [-0.3, -0.25) is 4.79 Å². The Hall–Kier alpha value is -1.15. The molecule has 1 unspecified atom stereocenters. The van der Waals surface area contributed by atoms with E-state index in [1.807, 2.05) is 12.1 Å². The van der Waals surface area contributed by atoms with E-state index in [2.05, 4.69) is 24.0 Å². The Bertz CT molecular complexity index is 455. The molecule has 0 amide bonds. The van der Waals surface area contributed by atoms with Crippen LogP contribution >= 0.6 is 0 Å². The number of Topliss-reactive ketones (excluding diaryl/α,β-unsaturated/α-hetero) is 1. The molecule has 20 heavy (non-hydrogen) atoms. The fraction of sp³-hybridized carbons (Fsp3) is 0.611. The van der Waals surface area contributed by atoms with Crippen LogP contribution in [0.15, 0.2) is 24.3 Å². The van der Waals surface area contributed by atoms with Crippen molar-refractivity contribution in [1.82, 2.24) is 4.90 Å². The van der Waals surface area contributed by atoms with Crippen LogP contribution in [0.2, 0.25) is 0 Å². The molecule has 1 atom stereocenters. The zero-order chi connectivity index (χ0) is 13.9. The Morgan fingerprint density at radius 1 is 1.15 bits per heavy atom. The maximum Gasteiger partial charge on any atom is 0.166 e. The third-order valence-corrected chi connectivity index (χ3v) is 4.67. The largest absolute Gasteiger partial charge is 0.303 e. The lowest BCUT2D eigenvalue weighted by Crippen LogP contribution is -2.35. The van der Waals surface area contributed by atoms with Crippen LogP contribution in [0.5, 0.6) is 0 Å². The number of likely N-dealkylation sites (tertiary alicyclic amines) is 1. The lowest BCUT2D eigenvalue weighted by atomic mass is 9.96. The van der Waals surface area contributed by atoms with Crippen molar-refractivity contribution in [1.29, 1.82) is 0 Å². The molecule has 0 bridgehead atoms. The number of rotatable bonds is 5. The first-order chi connectivity index (χ1) is 9.74. The highest BCUT2D eigenvalue weighted by Gasteiger charge is 2.24. The second-order valence-electron chi connectivity index (χ2n) is 6.52. The summed E-state index contributed by atoms with van der Waals surface area (Å²) >= 11 is 0. The highest BCUT2D eigenvalue weighted by molar-refractivity contribution is 5.97. The predicted octanol–water partition coefficient (Wildman–Crippen LogP) is 3.87. The van der Waals surface area contributed by atoms with E-state index in [1.54, 1.807) is 0 Å². The van der Waals surface area contributed by atoms with Crippen molar-refractivity contribution >= 4 is 5.78 Å². The highest BCUT2D eigenvalue weighted by Crippen LogP contribution is 2.39. The van der Waals surface area contributed by atoms with Gasteiger partial charge in [0, 0.05) is 18.0 Å². The normalized spacial score (nSPS) is 21.6. The van der Waals surface area contributed by atoms with Gasteiger partial charge < -0.3 is 4.90 Å². The number of hydrogen-bond donors (Lipinski definition) is 0. The van der Waals surface area contributed by atoms with E-state index >= 15 is 0 Å². The fourth-order valence-corrected chi connectivity index (χ4v) is 3.23. The summed E-state index contributed by atoms with van der Waals surface area (Å²) < 4.78 is 0. The van der Waals surface area contributed by atoms with Crippen molar-refractivity contribution < 1.29 is 4.79 Å². The Kier molecular flexibility index (Phi) is 4.21. The molecule has 2 heteroatoms. The standard InChI is InChI=1S/C18H25NO/c1-14(13-19-11-3-2-4-12-19)18(20)17-9-7-16(8-10-17)15-5-6-15/h7-10,14-15H,2-6,11-13H2,1H3. The average Bonchev–Trinajstić information content (AvgIpc) is 3.32. The molecule has 0 N–H and O–H groups in total. The van der Waals surface area contributed by atoms with Crippen LogP contribution in [-0.2, 0) is 0 Å². The molecule has 2 fully saturated rings. The van der Waals surface area contributed by atoms with Crippen LogP contribution in [0.25, 0.3) is 0 Å². The smallest absolute Gasteiger partial charge is 0.166 e. The number of carbonyl (C=O) groups excluding carboxylic acids is 1. The number of benzene rings is 1. The van der Waals surface area contributed by atoms with E-state index in [0.29, 0.717) is 5.78 Å². The van der Waals surface area contributed by atoms with Gasteiger partial charge in [0.15, 0.2) is 5.78 Å². The highest BCUT2D eigenvalue weighted by atomic mass is 16.1. The Morgan fingerprint density at radius 3 is 2.40 bits per heavy atom. The van der Waals surface area contributed by atoms with Crippen molar-refractivity contribution in [3.05, 3.63) is 35.4 Å². The van der Waals surface area contributed by atoms with E-state index in [4.69, 9.17) is 0 Å². The van der Waals surface area contributed by atoms with Gasteiger partial charge in [0.2, 0.25) is 0 Å². The minimum atomic E-state index is 0.111. The van der Waals surface area contributed by atoms with Crippen molar-refractivity contribution in [2.24, 2.45) is 5.92 Å². The Morgan fingerprint density at radius 2 is 1.80 bits per heavy atom. The third kappa shape index (κ3) is 3.29. The molecule has 2 aliphatic rings. The van der Waals surface area contributed by atoms with Crippen LogP contribution in [0.4, 0.5) is 0 Å². The number of carbonyl (C=O) groups is 1. The monoisotopic (exact) mass is 271 g/mol. The maximum absolute atomic E-state index is 12.5. The molecular weight excluding hydrogens is 246 g/mol. The molecule has 1 aliphatic carbocycles. The van der Waals surface area contributed by atoms with Crippen LogP contribution in [-0.4, -0.2) is 30.3 Å². The second-order valence-corrected chi connectivity index (χ2v) is 6.52. The van der Waals surface area contributed by atoms with Gasteiger partial charge in [-0.05, 0) is 50.3 Å². The molecule has 1 aromatic rings. The van der Waals surface area contributed by atoms with Gasteiger partial charge in [-0.1, -0.05) is 37.6 Å². The summed E-state index contributed by atoms with van der Waals surface area (Å²) in [6.07, 6.45) is 6.56. The lowest BCUT2D eigenvalue weighted by molar-refractivity contribution is 0.0883. The SMILES string of the molecule is CC(CN1CCCCC1)C(=O)c1ccc(C2CC2)cc1. The van der Waals surface area contributed by atoms with Crippen molar-refractivity contribution in [3.63, 3.8) is 0 Å². The molecule has 3 rings (SSSR count). The van der Waals surface area contributed by atoms with Crippen molar-refractivity contribution in [2.45, 2.75) is 44.9 Å². The van der Waals surface area contributed by atoms with Gasteiger partial charge in [-0.15, -0.1) is 0 Å². The zero-order valence-corrected chi connectivity index (χ0v) is 12.5. The molecule has 0 radical (unpaired) electrons. The summed E-state index contributed by atoms with van der Waals surface area (Å²) in [6, 6.07) is 8.36. The minimum absolute atomic E-state index is 0.111. The fourth-order valence-electron chi connectivity index (χ4n) is 3.23. The number of nitrogens with zero attached hydrogens (tertiary/aromatic N) is 1. The molecule has 1 heterocycles. The van der Waals surface area contributed by atoms with Crippen LogP contribution < -0.4 is 0 Å². The van der Waals surface area contributed by atoms with Gasteiger partial charge in [0.05, 0.1) is 0 Å². The number of hydrogen-bond acceptors (Lipinski definition) is 2. The Balaban J connectivity index is 1.58. The molecule has 1 aromatic carbocycles. The molecule has 1 aliphatic heterocycles. The molecule has 0 spiro atoms. The number of piperidine rings is 1. The molecule has 108 valence electrons. The zero-order valence-electron chi connectivity index (χ0n) is 12.5. The van der Waals surface area contributed by atoms with Crippen LogP contribution in [0, 0.1) is 5.92 Å². The van der Waals surface area contributed by atoms with Crippen LogP contribution in [0.1, 0.15) is 60.9 Å². The summed E-state index contributed by atoms with van der Waals surface area (Å²) in [5.41, 5.74) is 2.30.